The van der Waals surface area contributed by atoms with Crippen LogP contribution in [0.5, 0.6) is 0 Å². The summed E-state index contributed by atoms with van der Waals surface area (Å²) in [6.45, 7) is 3.58. The summed E-state index contributed by atoms with van der Waals surface area (Å²) in [6, 6.07) is 0. The van der Waals surface area contributed by atoms with Crippen molar-refractivity contribution in [2.45, 2.75) is 6.42 Å². The number of allylic oxidation sites excluding steroid dienone is 1. The molecule has 0 radical (unpaired) electrons. The molecule has 2 atom stereocenters. The van der Waals surface area contributed by atoms with Crippen molar-refractivity contribution in [2.75, 3.05) is 18.9 Å². The Balaban J connectivity index is 0. The molecular formula is C6H15O3P2+. The quantitative estimate of drug-likeness (QED) is 0.525. The van der Waals surface area contributed by atoms with E-state index in [0.29, 0.717) is 6.61 Å². The highest BCUT2D eigenvalue weighted by Gasteiger charge is 2.01. The third kappa shape index (κ3) is 25.4. The van der Waals surface area contributed by atoms with E-state index in [1.807, 2.05) is 0 Å². The molecule has 0 aromatic carbocycles. The number of aliphatic hydroxyl groups excluding tert-OH is 1. The lowest BCUT2D eigenvalue weighted by atomic mass is 10.5. The van der Waals surface area contributed by atoms with Gasteiger partial charge in [0.2, 0.25) is 0 Å². The van der Waals surface area contributed by atoms with Gasteiger partial charge in [0.15, 0.2) is 6.16 Å². The van der Waals surface area contributed by atoms with Gasteiger partial charge in [0.05, 0.1) is 0 Å². The van der Waals surface area contributed by atoms with E-state index in [4.69, 9.17) is 10.00 Å². The van der Waals surface area contributed by atoms with Gasteiger partial charge in [-0.3, -0.25) is 0 Å². The molecule has 0 amide bonds. The van der Waals surface area contributed by atoms with Crippen molar-refractivity contribution in [1.82, 2.24) is 0 Å². The summed E-state index contributed by atoms with van der Waals surface area (Å²) >= 11 is 0. The fraction of sp³-hybridized carbons (Fsp3) is 0.667. The van der Waals surface area contributed by atoms with Crippen LogP contribution in [-0.2, 0) is 4.57 Å². The molecule has 0 aliphatic rings. The van der Waals surface area contributed by atoms with Gasteiger partial charge in [-0.25, -0.2) is 0 Å². The molecule has 3 nitrogen and oxygen atoms in total. The largest absolute Gasteiger partial charge is 0.509 e. The van der Waals surface area contributed by atoms with Crippen LogP contribution in [0.2, 0.25) is 0 Å². The number of hydrogen-bond donors (Lipinski definition) is 2. The van der Waals surface area contributed by atoms with Crippen molar-refractivity contribution in [2.24, 2.45) is 0 Å². The maximum Gasteiger partial charge on any atom is 0.509 e. The third-order valence-electron chi connectivity index (χ3n) is 0.648. The molecule has 5 heteroatoms. The van der Waals surface area contributed by atoms with Crippen molar-refractivity contribution >= 4 is 17.3 Å². The summed E-state index contributed by atoms with van der Waals surface area (Å²) in [5.74, 6) is 0. The van der Waals surface area contributed by atoms with E-state index in [1.165, 1.54) is 6.08 Å². The Kier molecular flexibility index (Phi) is 16.0. The monoisotopic (exact) mass is 197 g/mol. The van der Waals surface area contributed by atoms with Gasteiger partial charge >= 0.3 is 8.03 Å². The summed E-state index contributed by atoms with van der Waals surface area (Å²) in [6.07, 6.45) is 3.54. The normalized spacial score (nSPS) is 9.55. The van der Waals surface area contributed by atoms with Gasteiger partial charge < -0.3 is 5.11 Å². The Morgan fingerprint density at radius 1 is 1.64 bits per heavy atom. The molecule has 0 fully saturated rings. The standard InChI is InChI=1S/C3H5O2P.C3H9OP/c1-2-3-6(4)5;4-2-1-3-5/h2H,1,3H2;4H,1-3,5H2/p+1. The van der Waals surface area contributed by atoms with Crippen molar-refractivity contribution in [3.63, 3.8) is 0 Å². The first-order chi connectivity index (χ1) is 5.18. The number of rotatable bonds is 4. The van der Waals surface area contributed by atoms with E-state index >= 15 is 0 Å². The Bertz CT molecular complexity index is 104. The zero-order valence-electron chi connectivity index (χ0n) is 6.44. The van der Waals surface area contributed by atoms with Gasteiger partial charge in [-0.2, -0.15) is 4.89 Å². The molecule has 0 saturated carbocycles. The second-order valence-corrected chi connectivity index (χ2v) is 3.34. The van der Waals surface area contributed by atoms with Gasteiger partial charge in [-0.05, 0) is 23.2 Å². The molecule has 0 aromatic rings. The third-order valence-corrected chi connectivity index (χ3v) is 1.63. The molecule has 0 heterocycles. The molecule has 0 rings (SSSR count). The lowest BCUT2D eigenvalue weighted by molar-refractivity contribution is 0.296. The molecule has 0 saturated heterocycles. The van der Waals surface area contributed by atoms with E-state index in [-0.39, 0.29) is 6.16 Å². The summed E-state index contributed by atoms with van der Waals surface area (Å²) in [4.78, 5) is 7.99. The second kappa shape index (κ2) is 12.8. The second-order valence-electron chi connectivity index (χ2n) is 1.69. The Labute approximate surface area is 70.6 Å². The minimum absolute atomic E-state index is 0.204. The van der Waals surface area contributed by atoms with Crippen LogP contribution in [0.25, 0.3) is 0 Å². The van der Waals surface area contributed by atoms with Crippen molar-refractivity contribution in [3.05, 3.63) is 12.7 Å². The van der Waals surface area contributed by atoms with Crippen LogP contribution in [0.1, 0.15) is 6.42 Å². The molecule has 0 aromatic heterocycles. The summed E-state index contributed by atoms with van der Waals surface area (Å²) < 4.78 is 9.68. The van der Waals surface area contributed by atoms with Crippen LogP contribution in [-0.4, -0.2) is 28.9 Å². The smallest absolute Gasteiger partial charge is 0.396 e. The van der Waals surface area contributed by atoms with Gasteiger partial charge in [-0.15, -0.1) is 9.24 Å². The Morgan fingerprint density at radius 2 is 2.18 bits per heavy atom. The minimum Gasteiger partial charge on any atom is -0.396 e. The lowest BCUT2D eigenvalue weighted by Crippen LogP contribution is -1.78. The number of aliphatic hydroxyl groups is 1. The van der Waals surface area contributed by atoms with Crippen molar-refractivity contribution in [3.8, 4) is 0 Å². The van der Waals surface area contributed by atoms with Gasteiger partial charge in [0.25, 0.3) is 0 Å². The van der Waals surface area contributed by atoms with Crippen molar-refractivity contribution in [1.29, 1.82) is 0 Å². The fourth-order valence-corrected chi connectivity index (χ4v) is 0.605. The van der Waals surface area contributed by atoms with Crippen LogP contribution in [0.15, 0.2) is 12.7 Å². The molecule has 66 valence electrons. The maximum atomic E-state index is 9.68. The first kappa shape index (κ1) is 13.8. The molecule has 0 aliphatic carbocycles. The van der Waals surface area contributed by atoms with Gasteiger partial charge in [-0.1, -0.05) is 6.58 Å². The zero-order valence-corrected chi connectivity index (χ0v) is 8.49. The van der Waals surface area contributed by atoms with Gasteiger partial charge in [0.1, 0.15) is 0 Å². The summed E-state index contributed by atoms with van der Waals surface area (Å²) in [7, 11) is 0.571. The minimum atomic E-state index is -1.97. The topological polar surface area (TPSA) is 57.5 Å². The van der Waals surface area contributed by atoms with E-state index in [9.17, 15) is 4.57 Å². The highest BCUT2D eigenvalue weighted by Crippen LogP contribution is 2.10. The molecule has 2 unspecified atom stereocenters. The van der Waals surface area contributed by atoms with E-state index in [0.717, 1.165) is 12.6 Å². The van der Waals surface area contributed by atoms with Gasteiger partial charge in [0, 0.05) is 6.61 Å². The Morgan fingerprint density at radius 3 is 2.18 bits per heavy atom. The zero-order chi connectivity index (χ0) is 9.11. The fourth-order valence-electron chi connectivity index (χ4n) is 0.202. The SMILES string of the molecule is C=CC[P+](=O)O.OCCCP. The molecular weight excluding hydrogens is 182 g/mol. The highest BCUT2D eigenvalue weighted by atomic mass is 31.1. The first-order valence-corrected chi connectivity index (χ1v) is 5.45. The van der Waals surface area contributed by atoms with Crippen LogP contribution >= 0.6 is 17.3 Å². The lowest BCUT2D eigenvalue weighted by Gasteiger charge is -1.79. The maximum absolute atomic E-state index is 9.68. The summed E-state index contributed by atoms with van der Waals surface area (Å²) in [5, 5.41) is 8.05. The van der Waals surface area contributed by atoms with Crippen molar-refractivity contribution < 1.29 is 14.6 Å². The average Bonchev–Trinajstić information content (AvgIpc) is 1.90. The van der Waals surface area contributed by atoms with Crippen LogP contribution in [0.3, 0.4) is 0 Å². The summed E-state index contributed by atoms with van der Waals surface area (Å²) in [5.41, 5.74) is 0. The molecule has 2 N–H and O–H groups in total. The average molecular weight is 197 g/mol. The van der Waals surface area contributed by atoms with Crippen LogP contribution < -0.4 is 0 Å². The van der Waals surface area contributed by atoms with E-state index in [2.05, 4.69) is 15.8 Å². The molecule has 0 spiro atoms. The highest BCUT2D eigenvalue weighted by molar-refractivity contribution is 7.38. The predicted octanol–water partition coefficient (Wildman–Crippen LogP) is 1.15. The van der Waals surface area contributed by atoms with Crippen LogP contribution in [0, 0.1) is 0 Å². The number of hydrogen-bond acceptors (Lipinski definition) is 2. The predicted molar refractivity (Wildman–Crippen MR) is 51.2 cm³/mol. The Hall–Kier alpha value is 0.190. The molecule has 11 heavy (non-hydrogen) atoms. The van der Waals surface area contributed by atoms with E-state index < -0.39 is 8.03 Å². The molecule has 0 bridgehead atoms. The molecule has 0 aliphatic heterocycles. The first-order valence-electron chi connectivity index (χ1n) is 3.24. The van der Waals surface area contributed by atoms with E-state index in [1.54, 1.807) is 0 Å². The van der Waals surface area contributed by atoms with Crippen LogP contribution in [0.4, 0.5) is 0 Å².